The Balaban J connectivity index is 2.30. The average Bonchev–Trinajstić information content (AvgIpc) is 2.33. The lowest BCUT2D eigenvalue weighted by atomic mass is 9.71. The summed E-state index contributed by atoms with van der Waals surface area (Å²) in [4.78, 5) is 0. The molecule has 1 fully saturated rings. The lowest BCUT2D eigenvalue weighted by molar-refractivity contribution is -0.0653. The van der Waals surface area contributed by atoms with E-state index < -0.39 is 5.60 Å². The quantitative estimate of drug-likeness (QED) is 0.822. The Bertz CT molecular complexity index is 362. The standard InChI is InChI=1S/C15H23NO/c1-11(2)14-12(3)15(17,9-10-16-14)13-7-5-4-6-8-13/h4-8,11-12,14,16-17H,9-10H2,1-3H3. The van der Waals surface area contributed by atoms with Crippen molar-refractivity contribution in [3.8, 4) is 0 Å². The molecule has 1 heterocycles. The lowest BCUT2D eigenvalue weighted by Gasteiger charge is -2.45. The third-order valence-corrected chi connectivity index (χ3v) is 4.17. The van der Waals surface area contributed by atoms with E-state index in [-0.39, 0.29) is 5.92 Å². The molecule has 1 aromatic rings. The summed E-state index contributed by atoms with van der Waals surface area (Å²) in [7, 11) is 0. The first-order valence-corrected chi connectivity index (χ1v) is 6.57. The van der Waals surface area contributed by atoms with Gasteiger partial charge in [0.2, 0.25) is 0 Å². The zero-order valence-electron chi connectivity index (χ0n) is 11.0. The van der Waals surface area contributed by atoms with Gasteiger partial charge in [-0.2, -0.15) is 0 Å². The molecule has 0 saturated carbocycles. The second-order valence-corrected chi connectivity index (χ2v) is 5.55. The second-order valence-electron chi connectivity index (χ2n) is 5.55. The van der Waals surface area contributed by atoms with Gasteiger partial charge < -0.3 is 10.4 Å². The summed E-state index contributed by atoms with van der Waals surface area (Å²) in [6.45, 7) is 7.47. The highest BCUT2D eigenvalue weighted by Crippen LogP contribution is 2.39. The van der Waals surface area contributed by atoms with Crippen LogP contribution in [0.3, 0.4) is 0 Å². The van der Waals surface area contributed by atoms with E-state index in [4.69, 9.17) is 0 Å². The molecule has 0 bridgehead atoms. The highest BCUT2D eigenvalue weighted by molar-refractivity contribution is 5.24. The molecule has 1 aliphatic heterocycles. The number of piperidine rings is 1. The lowest BCUT2D eigenvalue weighted by Crippen LogP contribution is -2.55. The van der Waals surface area contributed by atoms with Crippen LogP contribution >= 0.6 is 0 Å². The molecule has 3 unspecified atom stereocenters. The maximum atomic E-state index is 11.0. The molecular weight excluding hydrogens is 210 g/mol. The number of hydrogen-bond acceptors (Lipinski definition) is 2. The number of hydrogen-bond donors (Lipinski definition) is 2. The van der Waals surface area contributed by atoms with Gasteiger partial charge in [-0.1, -0.05) is 51.1 Å². The zero-order chi connectivity index (χ0) is 12.5. The summed E-state index contributed by atoms with van der Waals surface area (Å²) in [5.41, 5.74) is 0.376. The van der Waals surface area contributed by atoms with Crippen molar-refractivity contribution >= 4 is 0 Å². The molecule has 2 rings (SSSR count). The monoisotopic (exact) mass is 233 g/mol. The molecule has 1 aliphatic rings. The maximum absolute atomic E-state index is 11.0. The smallest absolute Gasteiger partial charge is 0.0948 e. The van der Waals surface area contributed by atoms with Crippen LogP contribution in [0.5, 0.6) is 0 Å². The van der Waals surface area contributed by atoms with Gasteiger partial charge in [-0.15, -0.1) is 0 Å². The molecule has 3 atom stereocenters. The van der Waals surface area contributed by atoms with Crippen molar-refractivity contribution in [2.75, 3.05) is 6.54 Å². The third kappa shape index (κ3) is 2.24. The first-order valence-electron chi connectivity index (χ1n) is 6.57. The van der Waals surface area contributed by atoms with Gasteiger partial charge in [0.1, 0.15) is 0 Å². The van der Waals surface area contributed by atoms with Crippen LogP contribution in [0.1, 0.15) is 32.8 Å². The van der Waals surface area contributed by atoms with Crippen LogP contribution < -0.4 is 5.32 Å². The third-order valence-electron chi connectivity index (χ3n) is 4.17. The molecule has 2 heteroatoms. The molecule has 0 aliphatic carbocycles. The minimum absolute atomic E-state index is 0.235. The van der Waals surface area contributed by atoms with Crippen LogP contribution in [0.15, 0.2) is 30.3 Å². The Morgan fingerprint density at radius 1 is 1.29 bits per heavy atom. The first-order chi connectivity index (χ1) is 8.05. The van der Waals surface area contributed by atoms with Gasteiger partial charge >= 0.3 is 0 Å². The van der Waals surface area contributed by atoms with Gasteiger partial charge in [0.25, 0.3) is 0 Å². The molecule has 0 amide bonds. The van der Waals surface area contributed by atoms with Crippen molar-refractivity contribution in [2.45, 2.75) is 38.8 Å². The second kappa shape index (κ2) is 4.79. The van der Waals surface area contributed by atoms with Crippen molar-refractivity contribution in [3.63, 3.8) is 0 Å². The number of rotatable bonds is 2. The summed E-state index contributed by atoms with van der Waals surface area (Å²) in [6, 6.07) is 10.5. The Morgan fingerprint density at radius 2 is 1.94 bits per heavy atom. The topological polar surface area (TPSA) is 32.3 Å². The number of nitrogens with one attached hydrogen (secondary N) is 1. The SMILES string of the molecule is CC(C)C1NCCC(O)(c2ccccc2)C1C. The van der Waals surface area contributed by atoms with E-state index in [2.05, 4.69) is 26.1 Å². The zero-order valence-corrected chi connectivity index (χ0v) is 11.0. The minimum Gasteiger partial charge on any atom is -0.385 e. The van der Waals surface area contributed by atoms with E-state index >= 15 is 0 Å². The summed E-state index contributed by atoms with van der Waals surface area (Å²) >= 11 is 0. The Kier molecular flexibility index (Phi) is 3.55. The van der Waals surface area contributed by atoms with E-state index in [1.54, 1.807) is 0 Å². The average molecular weight is 233 g/mol. The van der Waals surface area contributed by atoms with Crippen LogP contribution in [0.4, 0.5) is 0 Å². The molecule has 1 aromatic carbocycles. The van der Waals surface area contributed by atoms with Crippen LogP contribution in [0.2, 0.25) is 0 Å². The molecular formula is C15H23NO. The van der Waals surface area contributed by atoms with Gasteiger partial charge in [0.05, 0.1) is 5.60 Å². The van der Waals surface area contributed by atoms with E-state index in [1.165, 1.54) is 0 Å². The maximum Gasteiger partial charge on any atom is 0.0948 e. The highest BCUT2D eigenvalue weighted by Gasteiger charge is 2.43. The predicted molar refractivity (Wildman–Crippen MR) is 70.7 cm³/mol. The van der Waals surface area contributed by atoms with Crippen molar-refractivity contribution in [1.29, 1.82) is 0 Å². The van der Waals surface area contributed by atoms with Gasteiger partial charge in [-0.3, -0.25) is 0 Å². The molecule has 2 nitrogen and oxygen atoms in total. The highest BCUT2D eigenvalue weighted by atomic mass is 16.3. The van der Waals surface area contributed by atoms with Gasteiger partial charge in [-0.25, -0.2) is 0 Å². The van der Waals surface area contributed by atoms with Crippen LogP contribution in [-0.4, -0.2) is 17.7 Å². The van der Waals surface area contributed by atoms with E-state index in [0.717, 1.165) is 18.5 Å². The fraction of sp³-hybridized carbons (Fsp3) is 0.600. The first kappa shape index (κ1) is 12.6. The molecule has 94 valence electrons. The molecule has 0 spiro atoms. The van der Waals surface area contributed by atoms with Crippen molar-refractivity contribution < 1.29 is 5.11 Å². The summed E-state index contributed by atoms with van der Waals surface area (Å²) in [5, 5.41) is 14.5. The Labute approximate surface area is 104 Å². The van der Waals surface area contributed by atoms with Crippen LogP contribution in [-0.2, 0) is 5.60 Å². The summed E-state index contributed by atoms with van der Waals surface area (Å²) in [5.74, 6) is 0.777. The Morgan fingerprint density at radius 3 is 2.53 bits per heavy atom. The normalized spacial score (nSPS) is 33.9. The van der Waals surface area contributed by atoms with Gasteiger partial charge in [-0.05, 0) is 24.4 Å². The van der Waals surface area contributed by atoms with Gasteiger partial charge in [0, 0.05) is 12.0 Å². The molecule has 17 heavy (non-hydrogen) atoms. The molecule has 1 saturated heterocycles. The van der Waals surface area contributed by atoms with E-state index in [9.17, 15) is 5.11 Å². The van der Waals surface area contributed by atoms with E-state index in [0.29, 0.717) is 12.0 Å². The fourth-order valence-corrected chi connectivity index (χ4v) is 3.08. The largest absolute Gasteiger partial charge is 0.385 e. The fourth-order valence-electron chi connectivity index (χ4n) is 3.08. The van der Waals surface area contributed by atoms with Crippen LogP contribution in [0, 0.1) is 11.8 Å². The summed E-state index contributed by atoms with van der Waals surface area (Å²) < 4.78 is 0. The minimum atomic E-state index is -0.679. The number of aliphatic hydroxyl groups is 1. The van der Waals surface area contributed by atoms with Crippen molar-refractivity contribution in [1.82, 2.24) is 5.32 Å². The van der Waals surface area contributed by atoms with E-state index in [1.807, 2.05) is 30.3 Å². The Hall–Kier alpha value is -0.860. The number of benzene rings is 1. The van der Waals surface area contributed by atoms with Gasteiger partial charge in [0.15, 0.2) is 0 Å². The van der Waals surface area contributed by atoms with Crippen molar-refractivity contribution in [3.05, 3.63) is 35.9 Å². The molecule has 2 N–H and O–H groups in total. The van der Waals surface area contributed by atoms with Crippen molar-refractivity contribution in [2.24, 2.45) is 11.8 Å². The molecule has 0 radical (unpaired) electrons. The summed E-state index contributed by atoms with van der Waals surface area (Å²) in [6.07, 6.45) is 0.793. The molecule has 0 aromatic heterocycles. The van der Waals surface area contributed by atoms with Crippen LogP contribution in [0.25, 0.3) is 0 Å². The predicted octanol–water partition coefficient (Wildman–Crippen LogP) is 2.53.